The maximum absolute atomic E-state index is 12.0. The van der Waals surface area contributed by atoms with E-state index in [0.29, 0.717) is 5.56 Å². The lowest BCUT2D eigenvalue weighted by molar-refractivity contribution is 0.0724. The van der Waals surface area contributed by atoms with Crippen molar-refractivity contribution in [3.63, 3.8) is 0 Å². The van der Waals surface area contributed by atoms with Gasteiger partial charge in [0.1, 0.15) is 0 Å². The molecule has 0 radical (unpaired) electrons. The van der Waals surface area contributed by atoms with Gasteiger partial charge in [-0.2, -0.15) is 0 Å². The Kier molecular flexibility index (Phi) is 5.67. The molecule has 2 rings (SSSR count). The number of hydrogen-bond donors (Lipinski definition) is 0. The van der Waals surface area contributed by atoms with Gasteiger partial charge in [0.25, 0.3) is 5.91 Å². The number of nitrogens with zero attached hydrogens (tertiary/aromatic N) is 2. The summed E-state index contributed by atoms with van der Waals surface area (Å²) in [6, 6.07) is 3.75. The van der Waals surface area contributed by atoms with Gasteiger partial charge in [0.15, 0.2) is 0 Å². The fraction of sp³-hybridized carbons (Fsp3) is 0.571. The Bertz CT molecular complexity index is 340. The topological polar surface area (TPSA) is 33.2 Å². The van der Waals surface area contributed by atoms with Crippen LogP contribution in [0, 0.1) is 6.92 Å². The van der Waals surface area contributed by atoms with E-state index in [4.69, 9.17) is 0 Å². The van der Waals surface area contributed by atoms with Crippen molar-refractivity contribution in [3.8, 4) is 0 Å². The molecule has 3 heteroatoms. The van der Waals surface area contributed by atoms with Crippen LogP contribution >= 0.6 is 0 Å². The van der Waals surface area contributed by atoms with E-state index in [1.165, 1.54) is 6.42 Å². The lowest BCUT2D eigenvalue weighted by atomic mass is 10.1. The molecule has 1 amide bonds. The van der Waals surface area contributed by atoms with Crippen LogP contribution < -0.4 is 0 Å². The molecule has 17 heavy (non-hydrogen) atoms. The summed E-state index contributed by atoms with van der Waals surface area (Å²) in [5, 5.41) is 0. The molecule has 2 heterocycles. The predicted octanol–water partition coefficient (Wildman–Crippen LogP) is 3.04. The highest BCUT2D eigenvalue weighted by Crippen LogP contribution is 2.12. The summed E-state index contributed by atoms with van der Waals surface area (Å²) in [6.07, 6.45) is 5.18. The van der Waals surface area contributed by atoms with Gasteiger partial charge in [-0.1, -0.05) is 13.8 Å². The van der Waals surface area contributed by atoms with Crippen LogP contribution in [0.1, 0.15) is 49.2 Å². The maximum atomic E-state index is 12.0. The monoisotopic (exact) mass is 234 g/mol. The van der Waals surface area contributed by atoms with Crippen LogP contribution in [0.3, 0.4) is 0 Å². The molecule has 1 aliphatic heterocycles. The molecular weight excluding hydrogens is 212 g/mol. The predicted molar refractivity (Wildman–Crippen MR) is 70.1 cm³/mol. The van der Waals surface area contributed by atoms with E-state index < -0.39 is 0 Å². The second kappa shape index (κ2) is 7.05. The number of aromatic nitrogens is 1. The molecule has 0 spiro atoms. The van der Waals surface area contributed by atoms with Crippen molar-refractivity contribution in [1.82, 2.24) is 9.88 Å². The Balaban J connectivity index is 0.000000686. The van der Waals surface area contributed by atoms with Gasteiger partial charge in [-0.15, -0.1) is 0 Å². The van der Waals surface area contributed by atoms with E-state index >= 15 is 0 Å². The number of carbonyl (C=O) groups excluding carboxylic acids is 1. The fourth-order valence-corrected chi connectivity index (χ4v) is 1.87. The third-order valence-electron chi connectivity index (χ3n) is 2.80. The molecule has 0 N–H and O–H groups in total. The summed E-state index contributed by atoms with van der Waals surface area (Å²) in [7, 11) is 0. The SMILES string of the molecule is CC.Cc1ccc(C(=O)N2CCCCC2)cn1. The van der Waals surface area contributed by atoms with E-state index in [1.54, 1.807) is 6.20 Å². The first-order valence-electron chi connectivity index (χ1n) is 6.49. The molecule has 3 nitrogen and oxygen atoms in total. The number of aryl methyl sites for hydroxylation is 1. The molecule has 1 saturated heterocycles. The first-order chi connectivity index (χ1) is 8.27. The van der Waals surface area contributed by atoms with E-state index in [-0.39, 0.29) is 5.91 Å². The van der Waals surface area contributed by atoms with Crippen molar-refractivity contribution < 1.29 is 4.79 Å². The van der Waals surface area contributed by atoms with Crippen LogP contribution in [-0.2, 0) is 0 Å². The molecule has 0 atom stereocenters. The molecule has 1 aliphatic rings. The number of amides is 1. The van der Waals surface area contributed by atoms with Crippen LogP contribution in [0.4, 0.5) is 0 Å². The van der Waals surface area contributed by atoms with Gasteiger partial charge in [0.05, 0.1) is 5.56 Å². The second-order valence-corrected chi connectivity index (χ2v) is 4.04. The number of carbonyl (C=O) groups is 1. The Hall–Kier alpha value is -1.38. The summed E-state index contributed by atoms with van der Waals surface area (Å²) in [4.78, 5) is 18.1. The first kappa shape index (κ1) is 13.7. The first-order valence-corrected chi connectivity index (χ1v) is 6.49. The summed E-state index contributed by atoms with van der Waals surface area (Å²) >= 11 is 0. The molecule has 1 aromatic heterocycles. The number of hydrogen-bond acceptors (Lipinski definition) is 2. The van der Waals surface area contributed by atoms with Gasteiger partial charge in [0.2, 0.25) is 0 Å². The highest BCUT2D eigenvalue weighted by atomic mass is 16.2. The lowest BCUT2D eigenvalue weighted by Gasteiger charge is -2.26. The van der Waals surface area contributed by atoms with Gasteiger partial charge >= 0.3 is 0 Å². The number of rotatable bonds is 1. The molecule has 0 aromatic carbocycles. The third-order valence-corrected chi connectivity index (χ3v) is 2.80. The largest absolute Gasteiger partial charge is 0.339 e. The zero-order chi connectivity index (χ0) is 12.7. The summed E-state index contributed by atoms with van der Waals surface area (Å²) in [6.45, 7) is 7.72. The number of piperidine rings is 1. The van der Waals surface area contributed by atoms with Crippen LogP contribution in [0.15, 0.2) is 18.3 Å². The van der Waals surface area contributed by atoms with Crippen molar-refractivity contribution >= 4 is 5.91 Å². The highest BCUT2D eigenvalue weighted by Gasteiger charge is 2.17. The van der Waals surface area contributed by atoms with Crippen molar-refractivity contribution in [2.45, 2.75) is 40.0 Å². The van der Waals surface area contributed by atoms with Crippen LogP contribution in [0.5, 0.6) is 0 Å². The zero-order valence-corrected chi connectivity index (χ0v) is 11.1. The molecule has 1 aromatic rings. The summed E-state index contributed by atoms with van der Waals surface area (Å²) in [5.74, 6) is 0.127. The molecule has 0 unspecified atom stereocenters. The van der Waals surface area contributed by atoms with E-state index in [0.717, 1.165) is 31.6 Å². The molecular formula is C14H22N2O. The van der Waals surface area contributed by atoms with Gasteiger partial charge in [-0.25, -0.2) is 0 Å². The Morgan fingerprint density at radius 1 is 1.18 bits per heavy atom. The summed E-state index contributed by atoms with van der Waals surface area (Å²) in [5.41, 5.74) is 1.66. The Morgan fingerprint density at radius 2 is 1.82 bits per heavy atom. The minimum absolute atomic E-state index is 0.127. The number of likely N-dealkylation sites (tertiary alicyclic amines) is 1. The van der Waals surface area contributed by atoms with E-state index in [9.17, 15) is 4.79 Å². The summed E-state index contributed by atoms with van der Waals surface area (Å²) < 4.78 is 0. The molecule has 1 fully saturated rings. The smallest absolute Gasteiger partial charge is 0.255 e. The molecule has 0 saturated carbocycles. The molecule has 0 aliphatic carbocycles. The Morgan fingerprint density at radius 3 is 2.35 bits per heavy atom. The van der Waals surface area contributed by atoms with Crippen LogP contribution in [0.2, 0.25) is 0 Å². The minimum atomic E-state index is 0.127. The van der Waals surface area contributed by atoms with Gasteiger partial charge in [0, 0.05) is 25.0 Å². The lowest BCUT2D eigenvalue weighted by Crippen LogP contribution is -2.35. The van der Waals surface area contributed by atoms with Crippen molar-refractivity contribution in [2.24, 2.45) is 0 Å². The minimum Gasteiger partial charge on any atom is -0.339 e. The zero-order valence-electron chi connectivity index (χ0n) is 11.1. The van der Waals surface area contributed by atoms with E-state index in [2.05, 4.69) is 4.98 Å². The highest BCUT2D eigenvalue weighted by molar-refractivity contribution is 5.93. The van der Waals surface area contributed by atoms with Gasteiger partial charge in [-0.05, 0) is 38.3 Å². The average molecular weight is 234 g/mol. The Labute approximate surface area is 104 Å². The normalized spacial score (nSPS) is 14.9. The maximum Gasteiger partial charge on any atom is 0.255 e. The van der Waals surface area contributed by atoms with Crippen LogP contribution in [0.25, 0.3) is 0 Å². The quantitative estimate of drug-likeness (QED) is 0.748. The van der Waals surface area contributed by atoms with Gasteiger partial charge < -0.3 is 4.90 Å². The average Bonchev–Trinajstić information content (AvgIpc) is 2.42. The third kappa shape index (κ3) is 3.84. The van der Waals surface area contributed by atoms with Crippen molar-refractivity contribution in [3.05, 3.63) is 29.6 Å². The number of pyridine rings is 1. The van der Waals surface area contributed by atoms with Crippen LogP contribution in [-0.4, -0.2) is 28.9 Å². The fourth-order valence-electron chi connectivity index (χ4n) is 1.87. The second-order valence-electron chi connectivity index (χ2n) is 4.04. The van der Waals surface area contributed by atoms with Gasteiger partial charge in [-0.3, -0.25) is 9.78 Å². The molecule has 94 valence electrons. The van der Waals surface area contributed by atoms with Crippen molar-refractivity contribution in [1.29, 1.82) is 0 Å². The van der Waals surface area contributed by atoms with E-state index in [1.807, 2.05) is 37.8 Å². The van der Waals surface area contributed by atoms with Crippen molar-refractivity contribution in [2.75, 3.05) is 13.1 Å². The molecule has 0 bridgehead atoms. The standard InChI is InChI=1S/C12H16N2O.C2H6/c1-10-5-6-11(9-13-10)12(15)14-7-3-2-4-8-14;1-2/h5-6,9H,2-4,7-8H2,1H3;1-2H3.